The average Bonchev–Trinajstić information content (AvgIpc) is 1.98. The Balaban J connectivity index is 3.79. The number of hydrogen-bond donors (Lipinski definition) is 2. The van der Waals surface area contributed by atoms with E-state index in [-0.39, 0.29) is 13.2 Å². The quantitative estimate of drug-likeness (QED) is 0.669. The molecule has 76 valence electrons. The molecule has 0 saturated heterocycles. The predicted molar refractivity (Wildman–Crippen MR) is 45.3 cm³/mol. The van der Waals surface area contributed by atoms with Gasteiger partial charge in [0, 0.05) is 14.5 Å². The van der Waals surface area contributed by atoms with Crippen molar-refractivity contribution in [2.75, 3.05) is 13.2 Å². The summed E-state index contributed by atoms with van der Waals surface area (Å²) in [5.41, 5.74) is -0.568. The second kappa shape index (κ2) is 5.70. The van der Waals surface area contributed by atoms with Crippen molar-refractivity contribution in [3.63, 3.8) is 0 Å². The van der Waals surface area contributed by atoms with E-state index in [1.54, 1.807) is 13.8 Å². The van der Waals surface area contributed by atoms with Crippen LogP contribution in [0.5, 0.6) is 0 Å². The zero-order valence-electron chi connectivity index (χ0n) is 7.34. The molecular formula is C5H12O6P2+2. The van der Waals surface area contributed by atoms with Crippen molar-refractivity contribution in [1.82, 2.24) is 0 Å². The van der Waals surface area contributed by atoms with Gasteiger partial charge in [-0.25, -0.2) is 0 Å². The van der Waals surface area contributed by atoms with Crippen molar-refractivity contribution in [3.8, 4) is 0 Å². The van der Waals surface area contributed by atoms with Crippen LogP contribution in [-0.2, 0) is 18.2 Å². The molecule has 0 fully saturated rings. The summed E-state index contributed by atoms with van der Waals surface area (Å²) in [4.78, 5) is 16.7. The third-order valence-corrected chi connectivity index (χ3v) is 1.83. The van der Waals surface area contributed by atoms with E-state index in [2.05, 4.69) is 9.05 Å². The first-order valence-corrected chi connectivity index (χ1v) is 5.68. The molecule has 0 aromatic heterocycles. The van der Waals surface area contributed by atoms with Crippen LogP contribution in [0.1, 0.15) is 13.8 Å². The molecule has 0 rings (SSSR count). The molecule has 0 spiro atoms. The molecule has 0 aliphatic carbocycles. The van der Waals surface area contributed by atoms with Crippen LogP contribution >= 0.6 is 16.5 Å². The number of hydrogen-bond acceptors (Lipinski definition) is 4. The van der Waals surface area contributed by atoms with E-state index >= 15 is 0 Å². The fourth-order valence-corrected chi connectivity index (χ4v) is 1.42. The van der Waals surface area contributed by atoms with Crippen LogP contribution in [0, 0.1) is 5.41 Å². The van der Waals surface area contributed by atoms with Crippen molar-refractivity contribution < 1.29 is 28.0 Å². The monoisotopic (exact) mass is 230 g/mol. The molecular weight excluding hydrogens is 218 g/mol. The minimum atomic E-state index is -2.63. The van der Waals surface area contributed by atoms with Crippen LogP contribution in [0.4, 0.5) is 0 Å². The lowest BCUT2D eigenvalue weighted by Gasteiger charge is -2.16. The largest absolute Gasteiger partial charge is 0.694 e. The van der Waals surface area contributed by atoms with E-state index in [0.717, 1.165) is 0 Å². The molecule has 0 aromatic rings. The Labute approximate surface area is 77.8 Å². The summed E-state index contributed by atoms with van der Waals surface area (Å²) in [5.74, 6) is 0. The standard InChI is InChI=1S/C5H10O6P2/c1-5(2,3-10-12(6)7)4-11-13(8)9/h3-4H2,1-2H3/p+2. The molecule has 13 heavy (non-hydrogen) atoms. The van der Waals surface area contributed by atoms with Gasteiger partial charge in [-0.1, -0.05) is 13.8 Å². The maximum absolute atomic E-state index is 10.2. The van der Waals surface area contributed by atoms with Crippen LogP contribution < -0.4 is 0 Å². The van der Waals surface area contributed by atoms with Gasteiger partial charge in [0.25, 0.3) is 0 Å². The van der Waals surface area contributed by atoms with Gasteiger partial charge in [-0.3, -0.25) is 0 Å². The first-order chi connectivity index (χ1) is 5.83. The van der Waals surface area contributed by atoms with Gasteiger partial charge in [0.15, 0.2) is 0 Å². The van der Waals surface area contributed by atoms with Crippen molar-refractivity contribution in [2.45, 2.75) is 13.8 Å². The third kappa shape index (κ3) is 8.37. The van der Waals surface area contributed by atoms with Crippen molar-refractivity contribution >= 4 is 16.5 Å². The van der Waals surface area contributed by atoms with E-state index in [9.17, 15) is 9.13 Å². The predicted octanol–water partition coefficient (Wildman–Crippen LogP) is 1.35. The molecule has 0 heterocycles. The lowest BCUT2D eigenvalue weighted by molar-refractivity contribution is 0.105. The first kappa shape index (κ1) is 13.0. The smallest absolute Gasteiger partial charge is 0.133 e. The zero-order chi connectivity index (χ0) is 10.5. The molecule has 2 atom stereocenters. The van der Waals surface area contributed by atoms with E-state index < -0.39 is 21.9 Å². The molecule has 0 radical (unpaired) electrons. The molecule has 0 bridgehead atoms. The van der Waals surface area contributed by atoms with E-state index in [0.29, 0.717) is 0 Å². The van der Waals surface area contributed by atoms with Crippen molar-refractivity contribution in [1.29, 1.82) is 0 Å². The fraction of sp³-hybridized carbons (Fsp3) is 1.00. The van der Waals surface area contributed by atoms with Gasteiger partial charge in [0.2, 0.25) is 0 Å². The van der Waals surface area contributed by atoms with E-state index in [1.165, 1.54) is 0 Å². The Kier molecular flexibility index (Phi) is 5.72. The van der Waals surface area contributed by atoms with Crippen molar-refractivity contribution in [3.05, 3.63) is 0 Å². The number of rotatable bonds is 6. The SMILES string of the molecule is CC(C)(CO[P+](=O)O)CO[P+](=O)O. The highest BCUT2D eigenvalue weighted by Crippen LogP contribution is 2.27. The Morgan fingerprint density at radius 2 is 1.38 bits per heavy atom. The summed E-state index contributed by atoms with van der Waals surface area (Å²) in [6, 6.07) is 0. The molecule has 2 N–H and O–H groups in total. The minimum Gasteiger partial charge on any atom is -0.133 e. The molecule has 0 saturated carbocycles. The summed E-state index contributed by atoms with van der Waals surface area (Å²) < 4.78 is 29.2. The van der Waals surface area contributed by atoms with Crippen LogP contribution in [0.3, 0.4) is 0 Å². The Morgan fingerprint density at radius 1 is 1.08 bits per heavy atom. The van der Waals surface area contributed by atoms with E-state index in [4.69, 9.17) is 9.79 Å². The highest BCUT2D eigenvalue weighted by atomic mass is 31.1. The van der Waals surface area contributed by atoms with Gasteiger partial charge in [-0.15, -0.1) is 18.8 Å². The van der Waals surface area contributed by atoms with Gasteiger partial charge in [0.05, 0.1) is 0 Å². The molecule has 0 aromatic carbocycles. The molecule has 0 amide bonds. The van der Waals surface area contributed by atoms with Crippen LogP contribution in [0.2, 0.25) is 0 Å². The second-order valence-corrected chi connectivity index (χ2v) is 4.65. The highest BCUT2D eigenvalue weighted by molar-refractivity contribution is 7.32. The molecule has 6 nitrogen and oxygen atoms in total. The van der Waals surface area contributed by atoms with Gasteiger partial charge < -0.3 is 0 Å². The molecule has 2 unspecified atom stereocenters. The Hall–Kier alpha value is 0.0400. The lowest BCUT2D eigenvalue weighted by atomic mass is 9.97. The van der Waals surface area contributed by atoms with Gasteiger partial charge >= 0.3 is 16.5 Å². The van der Waals surface area contributed by atoms with Gasteiger partial charge in [-0.2, -0.15) is 0 Å². The lowest BCUT2D eigenvalue weighted by Crippen LogP contribution is -2.23. The summed E-state index contributed by atoms with van der Waals surface area (Å²) in [5, 5.41) is 0. The van der Waals surface area contributed by atoms with Gasteiger partial charge in [0.1, 0.15) is 13.2 Å². The fourth-order valence-electron chi connectivity index (χ4n) is 0.502. The highest BCUT2D eigenvalue weighted by Gasteiger charge is 2.29. The summed E-state index contributed by atoms with van der Waals surface area (Å²) >= 11 is 0. The minimum absolute atomic E-state index is 0.0120. The van der Waals surface area contributed by atoms with Crippen LogP contribution in [-0.4, -0.2) is 23.0 Å². The summed E-state index contributed by atoms with van der Waals surface area (Å²) in [7, 11) is -5.26. The summed E-state index contributed by atoms with van der Waals surface area (Å²) in [6.45, 7) is 3.35. The normalized spacial score (nSPS) is 14.2. The van der Waals surface area contributed by atoms with Crippen LogP contribution in [0.25, 0.3) is 0 Å². The maximum Gasteiger partial charge on any atom is 0.694 e. The Morgan fingerprint density at radius 3 is 1.62 bits per heavy atom. The Bertz CT molecular complexity index is 183. The first-order valence-electron chi connectivity index (χ1n) is 3.41. The molecule has 8 heteroatoms. The third-order valence-electron chi connectivity index (χ3n) is 1.13. The molecule has 0 aliphatic heterocycles. The van der Waals surface area contributed by atoms with Crippen molar-refractivity contribution in [2.24, 2.45) is 5.41 Å². The maximum atomic E-state index is 10.2. The second-order valence-electron chi connectivity index (χ2n) is 3.19. The zero-order valence-corrected chi connectivity index (χ0v) is 9.12. The van der Waals surface area contributed by atoms with Gasteiger partial charge in [-0.05, 0) is 0 Å². The van der Waals surface area contributed by atoms with E-state index in [1.807, 2.05) is 0 Å². The summed E-state index contributed by atoms with van der Waals surface area (Å²) in [6.07, 6.45) is 0. The van der Waals surface area contributed by atoms with Crippen LogP contribution in [0.15, 0.2) is 0 Å². The topological polar surface area (TPSA) is 93.1 Å². The molecule has 0 aliphatic rings. The average molecular weight is 230 g/mol.